The van der Waals surface area contributed by atoms with Crippen molar-refractivity contribution in [2.24, 2.45) is 0 Å². The SMILES string of the molecule is Cc1cc(C(=O)N2C=C(C(=O)NC(C)C)c3[nH]c4snc(C(F)(F)F)c4c3C(C)(C)C2)ccc1F. The van der Waals surface area contributed by atoms with Gasteiger partial charge in [0.1, 0.15) is 10.6 Å². The second kappa shape index (κ2) is 8.47. The van der Waals surface area contributed by atoms with Crippen LogP contribution in [0.25, 0.3) is 15.8 Å². The third-order valence-corrected chi connectivity index (χ3v) is 6.59. The fourth-order valence-corrected chi connectivity index (χ4v) is 5.15. The molecule has 0 fully saturated rings. The van der Waals surface area contributed by atoms with Gasteiger partial charge in [0.25, 0.3) is 11.8 Å². The fraction of sp³-hybridized carbons (Fsp3) is 0.375. The summed E-state index contributed by atoms with van der Waals surface area (Å²) in [5.41, 5.74) is -1.04. The Morgan fingerprint density at radius 3 is 2.54 bits per heavy atom. The molecule has 1 aliphatic rings. The van der Waals surface area contributed by atoms with E-state index in [1.165, 1.54) is 36.2 Å². The fourth-order valence-electron chi connectivity index (χ4n) is 4.34. The van der Waals surface area contributed by atoms with Gasteiger partial charge in [-0.15, -0.1) is 0 Å². The van der Waals surface area contributed by atoms with Crippen molar-refractivity contribution in [2.75, 3.05) is 6.54 Å². The molecule has 0 saturated carbocycles. The van der Waals surface area contributed by atoms with E-state index >= 15 is 0 Å². The molecule has 2 N–H and O–H groups in total. The van der Waals surface area contributed by atoms with Crippen LogP contribution in [-0.4, -0.2) is 38.7 Å². The number of carbonyl (C=O) groups excluding carboxylic acids is 2. The van der Waals surface area contributed by atoms with Gasteiger partial charge in [-0.1, -0.05) is 13.8 Å². The van der Waals surface area contributed by atoms with Crippen LogP contribution in [0.4, 0.5) is 17.6 Å². The van der Waals surface area contributed by atoms with Crippen molar-refractivity contribution in [1.82, 2.24) is 19.6 Å². The number of amides is 2. The average molecular weight is 509 g/mol. The number of H-pyrrole nitrogens is 1. The predicted octanol–water partition coefficient (Wildman–Crippen LogP) is 5.39. The minimum absolute atomic E-state index is 0.0200. The lowest BCUT2D eigenvalue weighted by Crippen LogP contribution is -2.37. The molecule has 35 heavy (non-hydrogen) atoms. The minimum atomic E-state index is -4.69. The molecule has 0 spiro atoms. The van der Waals surface area contributed by atoms with Crippen molar-refractivity contribution in [3.63, 3.8) is 0 Å². The van der Waals surface area contributed by atoms with Crippen molar-refractivity contribution in [3.05, 3.63) is 58.3 Å². The molecule has 6 nitrogen and oxygen atoms in total. The highest BCUT2D eigenvalue weighted by atomic mass is 32.1. The summed E-state index contributed by atoms with van der Waals surface area (Å²) >= 11 is 0.676. The average Bonchev–Trinajstić information content (AvgIpc) is 3.27. The first-order valence-electron chi connectivity index (χ1n) is 10.9. The number of aryl methyl sites for hydroxylation is 1. The lowest BCUT2D eigenvalue weighted by molar-refractivity contribution is -0.139. The molecule has 0 unspecified atom stereocenters. The van der Waals surface area contributed by atoms with E-state index in [0.717, 1.165) is 0 Å². The molecule has 1 aliphatic heterocycles. The smallest absolute Gasteiger partial charge is 0.350 e. The van der Waals surface area contributed by atoms with E-state index in [1.54, 1.807) is 27.7 Å². The zero-order valence-corrected chi connectivity index (χ0v) is 20.5. The van der Waals surface area contributed by atoms with E-state index in [4.69, 9.17) is 0 Å². The Hall–Kier alpha value is -3.21. The number of halogens is 4. The topological polar surface area (TPSA) is 78.1 Å². The van der Waals surface area contributed by atoms with Gasteiger partial charge in [0, 0.05) is 35.2 Å². The van der Waals surface area contributed by atoms with E-state index in [-0.39, 0.29) is 50.8 Å². The van der Waals surface area contributed by atoms with Crippen LogP contribution in [0.5, 0.6) is 0 Å². The molecule has 3 heterocycles. The lowest BCUT2D eigenvalue weighted by Gasteiger charge is -2.29. The maximum absolute atomic E-state index is 13.8. The summed E-state index contributed by atoms with van der Waals surface area (Å²) in [6.07, 6.45) is -3.34. The summed E-state index contributed by atoms with van der Waals surface area (Å²) < 4.78 is 58.9. The quantitative estimate of drug-likeness (QED) is 0.466. The van der Waals surface area contributed by atoms with Crippen molar-refractivity contribution in [2.45, 2.75) is 52.3 Å². The maximum atomic E-state index is 13.8. The zero-order valence-electron chi connectivity index (χ0n) is 19.7. The highest BCUT2D eigenvalue weighted by molar-refractivity contribution is 7.13. The Kier molecular flexibility index (Phi) is 6.03. The number of nitrogens with one attached hydrogen (secondary N) is 2. The van der Waals surface area contributed by atoms with Crippen LogP contribution in [0.2, 0.25) is 0 Å². The number of carbonyl (C=O) groups is 2. The number of nitrogens with zero attached hydrogens (tertiary/aromatic N) is 2. The van der Waals surface area contributed by atoms with E-state index < -0.39 is 34.9 Å². The molecule has 0 atom stereocenters. The van der Waals surface area contributed by atoms with Crippen molar-refractivity contribution in [1.29, 1.82) is 0 Å². The first-order valence-corrected chi connectivity index (χ1v) is 11.7. The summed E-state index contributed by atoms with van der Waals surface area (Å²) in [7, 11) is 0. The van der Waals surface area contributed by atoms with Crippen molar-refractivity contribution in [3.8, 4) is 0 Å². The molecule has 2 aromatic heterocycles. The normalized spacial score (nSPS) is 15.7. The van der Waals surface area contributed by atoms with Gasteiger partial charge in [0.2, 0.25) is 0 Å². The maximum Gasteiger partial charge on any atom is 0.435 e. The Morgan fingerprint density at radius 2 is 1.94 bits per heavy atom. The number of aromatic amines is 1. The van der Waals surface area contributed by atoms with Crippen LogP contribution >= 0.6 is 11.5 Å². The summed E-state index contributed by atoms with van der Waals surface area (Å²) in [6, 6.07) is 3.67. The first kappa shape index (κ1) is 24.9. The number of hydrogen-bond donors (Lipinski definition) is 2. The second-order valence-corrected chi connectivity index (χ2v) is 10.3. The molecule has 4 rings (SSSR count). The van der Waals surface area contributed by atoms with Crippen LogP contribution in [0.3, 0.4) is 0 Å². The molecular formula is C24H24F4N4O2S. The van der Waals surface area contributed by atoms with E-state index in [1.807, 2.05) is 0 Å². The van der Waals surface area contributed by atoms with E-state index in [2.05, 4.69) is 14.7 Å². The summed E-state index contributed by atoms with van der Waals surface area (Å²) in [4.78, 5) is 31.1. The Morgan fingerprint density at radius 1 is 1.26 bits per heavy atom. The second-order valence-electron chi connectivity index (χ2n) is 9.56. The molecule has 0 aliphatic carbocycles. The van der Waals surface area contributed by atoms with E-state index in [0.29, 0.717) is 11.5 Å². The van der Waals surface area contributed by atoms with Gasteiger partial charge < -0.3 is 15.2 Å². The summed E-state index contributed by atoms with van der Waals surface area (Å²) in [5.74, 6) is -1.51. The zero-order chi connectivity index (χ0) is 25.9. The summed E-state index contributed by atoms with van der Waals surface area (Å²) in [6.45, 7) is 8.44. The molecular weight excluding hydrogens is 484 g/mol. The molecule has 3 aromatic rings. The van der Waals surface area contributed by atoms with Crippen LogP contribution in [0, 0.1) is 12.7 Å². The Balaban J connectivity index is 1.93. The van der Waals surface area contributed by atoms with Gasteiger partial charge in [-0.2, -0.15) is 17.5 Å². The summed E-state index contributed by atoms with van der Waals surface area (Å²) in [5, 5.41) is 2.66. The van der Waals surface area contributed by atoms with E-state index in [9.17, 15) is 27.2 Å². The Labute approximate surface area is 203 Å². The third kappa shape index (κ3) is 4.44. The van der Waals surface area contributed by atoms with Crippen LogP contribution in [0.15, 0.2) is 24.4 Å². The molecule has 0 radical (unpaired) electrons. The molecule has 186 valence electrons. The molecule has 1 aromatic carbocycles. The van der Waals surface area contributed by atoms with Gasteiger partial charge in [-0.3, -0.25) is 9.59 Å². The van der Waals surface area contributed by atoms with Crippen LogP contribution in [0.1, 0.15) is 60.6 Å². The number of aromatic nitrogens is 2. The lowest BCUT2D eigenvalue weighted by atomic mass is 9.81. The number of benzene rings is 1. The molecule has 0 bridgehead atoms. The number of fused-ring (bicyclic) bond motifs is 3. The van der Waals surface area contributed by atoms with Gasteiger partial charge in [-0.05, 0) is 61.6 Å². The predicted molar refractivity (Wildman–Crippen MR) is 125 cm³/mol. The number of hydrogen-bond acceptors (Lipinski definition) is 4. The van der Waals surface area contributed by atoms with Gasteiger partial charge in [0.15, 0.2) is 5.69 Å². The van der Waals surface area contributed by atoms with Gasteiger partial charge in [0.05, 0.1) is 11.3 Å². The monoisotopic (exact) mass is 508 g/mol. The van der Waals surface area contributed by atoms with Crippen molar-refractivity contribution < 1.29 is 27.2 Å². The van der Waals surface area contributed by atoms with Crippen LogP contribution < -0.4 is 5.32 Å². The standard InChI is InChI=1S/C24H24F4N4O2S/c1-11(2)29-20(33)14-9-32(22(34)13-6-7-15(25)12(3)8-13)10-23(4,5)17-16-19(24(26,27)28)31-35-21(16)30-18(14)17/h6-9,11,30H,10H2,1-5H3,(H,29,33). The highest BCUT2D eigenvalue weighted by Crippen LogP contribution is 2.46. The minimum Gasteiger partial charge on any atom is -0.350 e. The van der Waals surface area contributed by atoms with Crippen LogP contribution in [-0.2, 0) is 16.4 Å². The number of rotatable bonds is 3. The highest BCUT2D eigenvalue weighted by Gasteiger charge is 2.43. The molecule has 11 heteroatoms. The third-order valence-electron chi connectivity index (χ3n) is 5.83. The van der Waals surface area contributed by atoms with Gasteiger partial charge in [-0.25, -0.2) is 4.39 Å². The number of alkyl halides is 3. The largest absolute Gasteiger partial charge is 0.435 e. The van der Waals surface area contributed by atoms with Crippen molar-refractivity contribution >= 4 is 39.1 Å². The Bertz CT molecular complexity index is 1370. The first-order chi connectivity index (χ1) is 16.2. The van der Waals surface area contributed by atoms with Gasteiger partial charge >= 0.3 is 6.18 Å². The molecule has 2 amide bonds. The molecule has 0 saturated heterocycles.